The summed E-state index contributed by atoms with van der Waals surface area (Å²) in [7, 11) is 1.55. The summed E-state index contributed by atoms with van der Waals surface area (Å²) in [6, 6.07) is 7.31. The highest BCUT2D eigenvalue weighted by atomic mass is 79.9. The molecule has 1 aromatic rings. The van der Waals surface area contributed by atoms with Gasteiger partial charge in [-0.15, -0.1) is 0 Å². The number of carbonyl (C=O) groups is 1. The first-order chi connectivity index (χ1) is 8.60. The van der Waals surface area contributed by atoms with Gasteiger partial charge < -0.3 is 14.7 Å². The number of ether oxygens (including phenoxy) is 1. The molecule has 0 heterocycles. The Morgan fingerprint density at radius 2 is 2.33 bits per heavy atom. The Morgan fingerprint density at radius 3 is 2.89 bits per heavy atom. The van der Waals surface area contributed by atoms with E-state index in [9.17, 15) is 4.79 Å². The Labute approximate surface area is 114 Å². The number of halogens is 1. The molecule has 0 aliphatic carbocycles. The van der Waals surface area contributed by atoms with Gasteiger partial charge in [-0.3, -0.25) is 4.79 Å². The monoisotopic (exact) mass is 312 g/mol. The van der Waals surface area contributed by atoms with E-state index in [1.807, 2.05) is 0 Å². The zero-order chi connectivity index (χ0) is 13.5. The average Bonchev–Trinajstić information content (AvgIpc) is 2.33. The standard InChI is InChI=1S/C12H13BrN2O3/c1-18-6-5-15(8-12(16)17)11-4-2-3-10(13)9(11)7-14/h2-4H,5-6,8H2,1H3,(H,16,17). The van der Waals surface area contributed by atoms with Crippen molar-refractivity contribution in [2.75, 3.05) is 31.7 Å². The second kappa shape index (κ2) is 6.99. The molecule has 0 saturated heterocycles. The largest absolute Gasteiger partial charge is 0.480 e. The smallest absolute Gasteiger partial charge is 0.323 e. The third kappa shape index (κ3) is 3.72. The van der Waals surface area contributed by atoms with Gasteiger partial charge in [-0.1, -0.05) is 6.07 Å². The van der Waals surface area contributed by atoms with E-state index in [0.717, 1.165) is 0 Å². The molecule has 1 aromatic carbocycles. The first kappa shape index (κ1) is 14.5. The summed E-state index contributed by atoms with van der Waals surface area (Å²) in [5.41, 5.74) is 1.01. The van der Waals surface area contributed by atoms with Crippen molar-refractivity contribution in [2.45, 2.75) is 0 Å². The summed E-state index contributed by atoms with van der Waals surface area (Å²) in [6.07, 6.45) is 0. The summed E-state index contributed by atoms with van der Waals surface area (Å²) < 4.78 is 5.60. The molecule has 1 rings (SSSR count). The second-order valence-electron chi connectivity index (χ2n) is 3.55. The molecule has 6 heteroatoms. The molecule has 96 valence electrons. The van der Waals surface area contributed by atoms with E-state index in [1.54, 1.807) is 30.2 Å². The number of hydrogen-bond acceptors (Lipinski definition) is 4. The van der Waals surface area contributed by atoms with Gasteiger partial charge >= 0.3 is 5.97 Å². The molecule has 0 aromatic heterocycles. The van der Waals surface area contributed by atoms with Crippen LogP contribution in [0.2, 0.25) is 0 Å². The van der Waals surface area contributed by atoms with Crippen LogP contribution in [0.15, 0.2) is 22.7 Å². The van der Waals surface area contributed by atoms with Crippen molar-refractivity contribution >= 4 is 27.6 Å². The second-order valence-corrected chi connectivity index (χ2v) is 4.41. The zero-order valence-electron chi connectivity index (χ0n) is 9.89. The summed E-state index contributed by atoms with van der Waals surface area (Å²) in [5.74, 6) is -0.949. The van der Waals surface area contributed by atoms with Gasteiger partial charge in [0.15, 0.2) is 0 Å². The van der Waals surface area contributed by atoms with Crippen LogP contribution in [0.25, 0.3) is 0 Å². The number of hydrogen-bond donors (Lipinski definition) is 1. The molecule has 0 aliphatic heterocycles. The first-order valence-electron chi connectivity index (χ1n) is 5.24. The van der Waals surface area contributed by atoms with E-state index < -0.39 is 5.97 Å². The molecule has 0 unspecified atom stereocenters. The minimum absolute atomic E-state index is 0.172. The van der Waals surface area contributed by atoms with Crippen molar-refractivity contribution in [2.24, 2.45) is 0 Å². The fraction of sp³-hybridized carbons (Fsp3) is 0.333. The summed E-state index contributed by atoms with van der Waals surface area (Å²) >= 11 is 3.28. The number of carboxylic acid groups (broad SMARTS) is 1. The van der Waals surface area contributed by atoms with E-state index in [4.69, 9.17) is 15.1 Å². The molecule has 0 spiro atoms. The molecule has 0 atom stereocenters. The van der Waals surface area contributed by atoms with E-state index in [1.165, 1.54) is 0 Å². The number of nitriles is 1. The molecule has 0 fully saturated rings. The van der Waals surface area contributed by atoms with Gasteiger partial charge in [0.1, 0.15) is 12.6 Å². The van der Waals surface area contributed by atoms with Crippen LogP contribution in [0.3, 0.4) is 0 Å². The molecular weight excluding hydrogens is 300 g/mol. The lowest BCUT2D eigenvalue weighted by molar-refractivity contribution is -0.135. The van der Waals surface area contributed by atoms with E-state index >= 15 is 0 Å². The van der Waals surface area contributed by atoms with Crippen molar-refractivity contribution in [1.29, 1.82) is 5.26 Å². The Balaban J connectivity index is 3.08. The van der Waals surface area contributed by atoms with Crippen molar-refractivity contribution in [3.63, 3.8) is 0 Å². The van der Waals surface area contributed by atoms with E-state index in [-0.39, 0.29) is 6.54 Å². The van der Waals surface area contributed by atoms with Crippen molar-refractivity contribution in [1.82, 2.24) is 0 Å². The fourth-order valence-corrected chi connectivity index (χ4v) is 1.98. The molecule has 1 N–H and O–H groups in total. The zero-order valence-corrected chi connectivity index (χ0v) is 11.5. The summed E-state index contributed by atoms with van der Waals surface area (Å²) in [5, 5.41) is 18.0. The number of methoxy groups -OCH3 is 1. The lowest BCUT2D eigenvalue weighted by atomic mass is 10.1. The topological polar surface area (TPSA) is 73.6 Å². The first-order valence-corrected chi connectivity index (χ1v) is 6.03. The third-order valence-corrected chi connectivity index (χ3v) is 3.00. The van der Waals surface area contributed by atoms with Crippen molar-refractivity contribution in [3.05, 3.63) is 28.2 Å². The van der Waals surface area contributed by atoms with Gasteiger partial charge in [-0.2, -0.15) is 5.26 Å². The molecule has 5 nitrogen and oxygen atoms in total. The molecule has 18 heavy (non-hydrogen) atoms. The van der Waals surface area contributed by atoms with Gasteiger partial charge in [-0.25, -0.2) is 0 Å². The molecule has 0 radical (unpaired) electrons. The van der Waals surface area contributed by atoms with Crippen LogP contribution >= 0.6 is 15.9 Å². The lowest BCUT2D eigenvalue weighted by Crippen LogP contribution is -2.33. The maximum Gasteiger partial charge on any atom is 0.323 e. The molecule has 0 bridgehead atoms. The normalized spacial score (nSPS) is 9.83. The van der Waals surface area contributed by atoms with E-state index in [0.29, 0.717) is 28.9 Å². The van der Waals surface area contributed by atoms with Crippen LogP contribution < -0.4 is 4.90 Å². The van der Waals surface area contributed by atoms with Crippen LogP contribution in [0, 0.1) is 11.3 Å². The SMILES string of the molecule is COCCN(CC(=O)O)c1cccc(Br)c1C#N. The van der Waals surface area contributed by atoms with Crippen LogP contribution in [-0.4, -0.2) is 37.9 Å². The quantitative estimate of drug-likeness (QED) is 0.868. The van der Waals surface area contributed by atoms with Crippen LogP contribution in [-0.2, 0) is 9.53 Å². The number of carboxylic acids is 1. The van der Waals surface area contributed by atoms with Gasteiger partial charge in [-0.05, 0) is 28.1 Å². The fourth-order valence-electron chi connectivity index (χ4n) is 1.54. The predicted octanol–water partition coefficient (Wildman–Crippen LogP) is 1.86. The number of anilines is 1. The van der Waals surface area contributed by atoms with Gasteiger partial charge in [0, 0.05) is 18.1 Å². The van der Waals surface area contributed by atoms with Crippen LogP contribution in [0.5, 0.6) is 0 Å². The minimum atomic E-state index is -0.949. The van der Waals surface area contributed by atoms with Crippen molar-refractivity contribution in [3.8, 4) is 6.07 Å². The number of aliphatic carboxylic acids is 1. The third-order valence-electron chi connectivity index (χ3n) is 2.34. The van der Waals surface area contributed by atoms with Crippen molar-refractivity contribution < 1.29 is 14.6 Å². The van der Waals surface area contributed by atoms with Crippen LogP contribution in [0.4, 0.5) is 5.69 Å². The van der Waals surface area contributed by atoms with Gasteiger partial charge in [0.25, 0.3) is 0 Å². The highest BCUT2D eigenvalue weighted by molar-refractivity contribution is 9.10. The number of rotatable bonds is 6. The highest BCUT2D eigenvalue weighted by Gasteiger charge is 2.15. The predicted molar refractivity (Wildman–Crippen MR) is 70.6 cm³/mol. The maximum absolute atomic E-state index is 10.9. The summed E-state index contributed by atoms with van der Waals surface area (Å²) in [6.45, 7) is 0.632. The molecule has 0 aliphatic rings. The lowest BCUT2D eigenvalue weighted by Gasteiger charge is -2.23. The Bertz CT molecular complexity index is 471. The Kier molecular flexibility index (Phi) is 5.62. The van der Waals surface area contributed by atoms with Crippen LogP contribution in [0.1, 0.15) is 5.56 Å². The molecule has 0 saturated carbocycles. The summed E-state index contributed by atoms with van der Waals surface area (Å²) in [4.78, 5) is 12.5. The van der Waals surface area contributed by atoms with E-state index in [2.05, 4.69) is 22.0 Å². The molecular formula is C12H13BrN2O3. The highest BCUT2D eigenvalue weighted by Crippen LogP contribution is 2.26. The maximum atomic E-state index is 10.9. The minimum Gasteiger partial charge on any atom is -0.480 e. The number of nitrogens with zero attached hydrogens (tertiary/aromatic N) is 2. The molecule has 0 amide bonds. The van der Waals surface area contributed by atoms with Gasteiger partial charge in [0.2, 0.25) is 0 Å². The Hall–Kier alpha value is -1.58. The van der Waals surface area contributed by atoms with Gasteiger partial charge in [0.05, 0.1) is 17.9 Å². The Morgan fingerprint density at radius 1 is 1.61 bits per heavy atom. The average molecular weight is 313 g/mol. The number of benzene rings is 1.